The number of aliphatic imine (C=N–C) groups is 1. The summed E-state index contributed by atoms with van der Waals surface area (Å²) in [6, 6.07) is -4.14. The molecule has 0 bridgehead atoms. The van der Waals surface area contributed by atoms with Crippen LogP contribution >= 0.6 is 0 Å². The van der Waals surface area contributed by atoms with Gasteiger partial charge in [-0.3, -0.25) is 19.4 Å². The van der Waals surface area contributed by atoms with E-state index in [4.69, 9.17) is 17.2 Å². The highest BCUT2D eigenvalue weighted by Gasteiger charge is 2.31. The minimum atomic E-state index is -1.23. The van der Waals surface area contributed by atoms with E-state index < -0.39 is 47.9 Å². The van der Waals surface area contributed by atoms with Gasteiger partial charge in [-0.1, -0.05) is 13.8 Å². The van der Waals surface area contributed by atoms with E-state index in [2.05, 4.69) is 30.9 Å². The minimum absolute atomic E-state index is 0.0826. The molecular weight excluding hydrogens is 446 g/mol. The maximum atomic E-state index is 13.0. The topological polar surface area (TPSA) is 244 Å². The van der Waals surface area contributed by atoms with E-state index >= 15 is 0 Å². The van der Waals surface area contributed by atoms with Gasteiger partial charge in [0.25, 0.3) is 0 Å². The predicted molar refractivity (Wildman–Crippen MR) is 124 cm³/mol. The van der Waals surface area contributed by atoms with E-state index in [0.29, 0.717) is 12.1 Å². The summed E-state index contributed by atoms with van der Waals surface area (Å²) in [7, 11) is 0. The molecule has 0 fully saturated rings. The Hall–Kier alpha value is -3.68. The number of imidazole rings is 1. The van der Waals surface area contributed by atoms with Crippen LogP contribution in [0.15, 0.2) is 17.5 Å². The molecule has 3 amide bonds. The number of nitrogens with one attached hydrogen (secondary N) is 4. The monoisotopic (exact) mass is 481 g/mol. The van der Waals surface area contributed by atoms with Gasteiger partial charge in [0, 0.05) is 24.9 Å². The fourth-order valence-electron chi connectivity index (χ4n) is 2.94. The number of aromatic amines is 1. The first kappa shape index (κ1) is 28.4. The van der Waals surface area contributed by atoms with Crippen LogP contribution in [-0.4, -0.2) is 75.4 Å². The van der Waals surface area contributed by atoms with E-state index in [1.54, 1.807) is 13.8 Å². The van der Waals surface area contributed by atoms with E-state index in [1.807, 2.05) is 0 Å². The lowest BCUT2D eigenvalue weighted by molar-refractivity contribution is -0.142. The number of nitrogens with zero attached hydrogens (tertiary/aromatic N) is 2. The average Bonchev–Trinajstić information content (AvgIpc) is 3.25. The second kappa shape index (κ2) is 13.8. The summed E-state index contributed by atoms with van der Waals surface area (Å²) in [4.78, 5) is 60.1. The number of amides is 3. The smallest absolute Gasteiger partial charge is 0.326 e. The Kier molecular flexibility index (Phi) is 11.5. The number of carbonyl (C=O) groups is 4. The zero-order chi connectivity index (χ0) is 25.8. The molecule has 0 aliphatic heterocycles. The lowest BCUT2D eigenvalue weighted by atomic mass is 10.0. The van der Waals surface area contributed by atoms with Crippen LogP contribution in [0.4, 0.5) is 0 Å². The lowest BCUT2D eigenvalue weighted by Gasteiger charge is -2.26. The Morgan fingerprint density at radius 1 is 1.06 bits per heavy atom. The number of rotatable bonds is 14. The van der Waals surface area contributed by atoms with E-state index in [1.165, 1.54) is 19.4 Å². The number of hydrogen-bond acceptors (Lipinski definition) is 7. The van der Waals surface area contributed by atoms with Crippen LogP contribution in [-0.2, 0) is 25.6 Å². The van der Waals surface area contributed by atoms with Crippen molar-refractivity contribution in [2.24, 2.45) is 28.1 Å². The molecule has 0 aromatic carbocycles. The van der Waals surface area contributed by atoms with Gasteiger partial charge in [-0.05, 0) is 25.7 Å². The third-order valence-corrected chi connectivity index (χ3v) is 4.83. The molecular formula is C20H35N9O5. The molecule has 1 aromatic rings. The van der Waals surface area contributed by atoms with E-state index in [-0.39, 0.29) is 31.3 Å². The summed E-state index contributed by atoms with van der Waals surface area (Å²) in [6.45, 7) is 5.08. The molecule has 14 nitrogen and oxygen atoms in total. The number of aliphatic carboxylic acids is 1. The SMILES string of the molecule is CC(N)C(=O)NC(Cc1cnc[nH]1)C(=O)NC(C(=O)NC(CCCN=C(N)N)C(=O)O)C(C)C. The van der Waals surface area contributed by atoms with Crippen molar-refractivity contribution in [2.45, 2.75) is 64.2 Å². The lowest BCUT2D eigenvalue weighted by Crippen LogP contribution is -2.58. The summed E-state index contributed by atoms with van der Waals surface area (Å²) < 4.78 is 0. The summed E-state index contributed by atoms with van der Waals surface area (Å²) in [5.74, 6) is -3.56. The largest absolute Gasteiger partial charge is 0.480 e. The van der Waals surface area contributed by atoms with Crippen LogP contribution in [0.25, 0.3) is 0 Å². The van der Waals surface area contributed by atoms with Crippen molar-refractivity contribution in [3.05, 3.63) is 18.2 Å². The molecule has 34 heavy (non-hydrogen) atoms. The second-order valence-electron chi connectivity index (χ2n) is 8.21. The minimum Gasteiger partial charge on any atom is -0.480 e. The van der Waals surface area contributed by atoms with Gasteiger partial charge in [0.1, 0.15) is 18.1 Å². The molecule has 0 saturated carbocycles. The number of nitrogens with two attached hydrogens (primary N) is 3. The number of carbonyl (C=O) groups excluding carboxylic acids is 3. The van der Waals surface area contributed by atoms with Crippen molar-refractivity contribution in [3.8, 4) is 0 Å². The van der Waals surface area contributed by atoms with Gasteiger partial charge in [-0.25, -0.2) is 9.78 Å². The fourth-order valence-corrected chi connectivity index (χ4v) is 2.94. The maximum Gasteiger partial charge on any atom is 0.326 e. The summed E-state index contributed by atoms with van der Waals surface area (Å²) in [5.41, 5.74) is 16.7. The number of carboxylic acids is 1. The molecule has 11 N–H and O–H groups in total. The number of guanidine groups is 1. The van der Waals surface area contributed by atoms with Gasteiger partial charge < -0.3 is 43.2 Å². The zero-order valence-corrected chi connectivity index (χ0v) is 19.6. The standard InChI is InChI=1S/C20H35N9O5/c1-10(2)15(18(32)27-13(19(33)34)5-4-6-25-20(22)23)29-17(31)14(28-16(30)11(3)21)7-12-8-24-9-26-12/h8-11,13-15H,4-7,21H2,1-3H3,(H,24,26)(H,27,32)(H,28,30)(H,29,31)(H,33,34)(H4,22,23,25). The zero-order valence-electron chi connectivity index (χ0n) is 19.6. The Balaban J connectivity index is 2.91. The Bertz CT molecular complexity index is 851. The molecule has 14 heteroatoms. The second-order valence-corrected chi connectivity index (χ2v) is 8.21. The first-order valence-corrected chi connectivity index (χ1v) is 10.8. The first-order valence-electron chi connectivity index (χ1n) is 10.8. The van der Waals surface area contributed by atoms with Crippen molar-refractivity contribution in [2.75, 3.05) is 6.54 Å². The van der Waals surface area contributed by atoms with Gasteiger partial charge in [0.05, 0.1) is 12.4 Å². The van der Waals surface area contributed by atoms with Crippen molar-refractivity contribution in [3.63, 3.8) is 0 Å². The quantitative estimate of drug-likeness (QED) is 0.0797. The van der Waals surface area contributed by atoms with Crippen molar-refractivity contribution < 1.29 is 24.3 Å². The predicted octanol–water partition coefficient (Wildman–Crippen LogP) is -2.45. The summed E-state index contributed by atoms with van der Waals surface area (Å²) in [5, 5.41) is 17.1. The van der Waals surface area contributed by atoms with Crippen molar-refractivity contribution in [1.82, 2.24) is 25.9 Å². The van der Waals surface area contributed by atoms with Gasteiger partial charge in [-0.15, -0.1) is 0 Å². The average molecular weight is 482 g/mol. The van der Waals surface area contributed by atoms with Gasteiger partial charge >= 0.3 is 5.97 Å². The van der Waals surface area contributed by atoms with Gasteiger partial charge in [0.2, 0.25) is 17.7 Å². The number of H-pyrrole nitrogens is 1. The molecule has 0 radical (unpaired) electrons. The first-order chi connectivity index (χ1) is 15.9. The molecule has 1 heterocycles. The molecule has 0 spiro atoms. The molecule has 0 aliphatic carbocycles. The summed E-state index contributed by atoms with van der Waals surface area (Å²) >= 11 is 0. The van der Waals surface area contributed by atoms with Gasteiger partial charge in [-0.2, -0.15) is 0 Å². The number of hydrogen-bond donors (Lipinski definition) is 8. The van der Waals surface area contributed by atoms with Crippen molar-refractivity contribution >= 4 is 29.7 Å². The van der Waals surface area contributed by atoms with E-state index in [9.17, 15) is 24.3 Å². The van der Waals surface area contributed by atoms with Crippen LogP contribution < -0.4 is 33.2 Å². The molecule has 190 valence electrons. The normalized spacial score (nSPS) is 14.4. The molecule has 0 saturated heterocycles. The third kappa shape index (κ3) is 9.85. The Labute approximate surface area is 197 Å². The van der Waals surface area contributed by atoms with Crippen LogP contribution in [0.1, 0.15) is 39.3 Å². The van der Waals surface area contributed by atoms with Crippen LogP contribution in [0.5, 0.6) is 0 Å². The van der Waals surface area contributed by atoms with Crippen LogP contribution in [0.3, 0.4) is 0 Å². The molecule has 4 atom stereocenters. The highest BCUT2D eigenvalue weighted by atomic mass is 16.4. The fraction of sp³-hybridized carbons (Fsp3) is 0.600. The molecule has 1 rings (SSSR count). The molecule has 1 aromatic heterocycles. The van der Waals surface area contributed by atoms with E-state index in [0.717, 1.165) is 0 Å². The third-order valence-electron chi connectivity index (χ3n) is 4.83. The Morgan fingerprint density at radius 3 is 2.21 bits per heavy atom. The van der Waals surface area contributed by atoms with Gasteiger partial charge in [0.15, 0.2) is 5.96 Å². The maximum absolute atomic E-state index is 13.0. The molecule has 0 aliphatic rings. The number of carboxylic acid groups (broad SMARTS) is 1. The highest BCUT2D eigenvalue weighted by molar-refractivity contribution is 5.94. The highest BCUT2D eigenvalue weighted by Crippen LogP contribution is 2.07. The Morgan fingerprint density at radius 2 is 1.71 bits per heavy atom. The van der Waals surface area contributed by atoms with Crippen LogP contribution in [0.2, 0.25) is 0 Å². The van der Waals surface area contributed by atoms with Crippen LogP contribution in [0, 0.1) is 5.92 Å². The van der Waals surface area contributed by atoms with Crippen molar-refractivity contribution in [1.29, 1.82) is 0 Å². The summed E-state index contributed by atoms with van der Waals surface area (Å²) in [6.07, 6.45) is 3.43. The molecule has 4 unspecified atom stereocenters. The number of aromatic nitrogens is 2.